The van der Waals surface area contributed by atoms with E-state index in [1.54, 1.807) is 17.5 Å². The van der Waals surface area contributed by atoms with Gasteiger partial charge in [-0.1, -0.05) is 12.1 Å². The highest BCUT2D eigenvalue weighted by atomic mass is 19.4. The van der Waals surface area contributed by atoms with E-state index in [1.807, 2.05) is 19.1 Å². The van der Waals surface area contributed by atoms with Crippen molar-refractivity contribution >= 4 is 11.6 Å². The number of halogens is 3. The number of esters is 1. The summed E-state index contributed by atoms with van der Waals surface area (Å²) < 4.78 is 45.0. The van der Waals surface area contributed by atoms with Crippen molar-refractivity contribution in [1.29, 1.82) is 0 Å². The number of rotatable bonds is 3. The van der Waals surface area contributed by atoms with Gasteiger partial charge in [0.1, 0.15) is 12.3 Å². The first kappa shape index (κ1) is 17.0. The van der Waals surface area contributed by atoms with Gasteiger partial charge in [-0.25, -0.2) is 9.78 Å². The van der Waals surface area contributed by atoms with Gasteiger partial charge in [0, 0.05) is 6.20 Å². The Balaban J connectivity index is 1.81. The van der Waals surface area contributed by atoms with E-state index in [-0.39, 0.29) is 17.9 Å². The fraction of sp³-hybridized carbons (Fsp3) is 0.222. The lowest BCUT2D eigenvalue weighted by molar-refractivity contribution is -0.137. The van der Waals surface area contributed by atoms with Crippen molar-refractivity contribution in [1.82, 2.24) is 9.38 Å². The molecule has 25 heavy (non-hydrogen) atoms. The Bertz CT molecular complexity index is 945. The molecule has 0 saturated carbocycles. The minimum absolute atomic E-state index is 0.249. The molecule has 0 atom stereocenters. The van der Waals surface area contributed by atoms with Crippen LogP contribution in [0.5, 0.6) is 0 Å². The summed E-state index contributed by atoms with van der Waals surface area (Å²) in [7, 11) is 0. The summed E-state index contributed by atoms with van der Waals surface area (Å²) in [6.45, 7) is 3.35. The number of hydrogen-bond acceptors (Lipinski definition) is 3. The zero-order chi connectivity index (χ0) is 18.2. The average Bonchev–Trinajstić information content (AvgIpc) is 2.87. The number of hydrogen-bond donors (Lipinski definition) is 0. The number of alkyl halides is 3. The minimum atomic E-state index is -4.43. The fourth-order valence-corrected chi connectivity index (χ4v) is 2.56. The van der Waals surface area contributed by atoms with Gasteiger partial charge in [-0.3, -0.25) is 4.40 Å². The van der Waals surface area contributed by atoms with E-state index in [9.17, 15) is 18.0 Å². The van der Waals surface area contributed by atoms with E-state index in [2.05, 4.69) is 4.98 Å². The molecule has 7 heteroatoms. The molecule has 0 unspecified atom stereocenters. The molecule has 2 heterocycles. The highest BCUT2D eigenvalue weighted by Gasteiger charge is 2.30. The number of fused-ring (bicyclic) bond motifs is 1. The molecular formula is C18H15F3N2O2. The van der Waals surface area contributed by atoms with Crippen LogP contribution in [-0.4, -0.2) is 15.4 Å². The Morgan fingerprint density at radius 3 is 2.68 bits per heavy atom. The highest BCUT2D eigenvalue weighted by Crippen LogP contribution is 2.29. The lowest BCUT2D eigenvalue weighted by Crippen LogP contribution is -2.11. The number of aromatic nitrogens is 2. The summed E-state index contributed by atoms with van der Waals surface area (Å²) in [5.74, 6) is -0.633. The van der Waals surface area contributed by atoms with Crippen LogP contribution in [0.15, 0.2) is 42.6 Å². The first-order chi connectivity index (χ1) is 11.8. The quantitative estimate of drug-likeness (QED) is 0.662. The van der Waals surface area contributed by atoms with Crippen LogP contribution in [0.2, 0.25) is 0 Å². The van der Waals surface area contributed by atoms with Crippen LogP contribution in [-0.2, 0) is 17.5 Å². The predicted octanol–water partition coefficient (Wildman–Crippen LogP) is 4.33. The highest BCUT2D eigenvalue weighted by molar-refractivity contribution is 5.90. The molecule has 0 fully saturated rings. The second-order valence-corrected chi connectivity index (χ2v) is 5.75. The third-order valence-electron chi connectivity index (χ3n) is 3.77. The summed E-state index contributed by atoms with van der Waals surface area (Å²) >= 11 is 0. The van der Waals surface area contributed by atoms with E-state index in [4.69, 9.17) is 4.74 Å². The molecule has 0 saturated heterocycles. The Labute approximate surface area is 141 Å². The molecule has 4 nitrogen and oxygen atoms in total. The summed E-state index contributed by atoms with van der Waals surface area (Å²) in [5.41, 5.74) is 1.87. The van der Waals surface area contributed by atoms with Crippen molar-refractivity contribution in [2.45, 2.75) is 26.6 Å². The maximum atomic E-state index is 12.7. The molecule has 0 spiro atoms. The van der Waals surface area contributed by atoms with Gasteiger partial charge in [0.2, 0.25) is 0 Å². The molecule has 0 aliphatic heterocycles. The molecule has 1 aromatic carbocycles. The van der Waals surface area contributed by atoms with E-state index in [0.717, 1.165) is 17.7 Å². The fourth-order valence-electron chi connectivity index (χ4n) is 2.56. The smallest absolute Gasteiger partial charge is 0.416 e. The van der Waals surface area contributed by atoms with Crippen LogP contribution in [0.4, 0.5) is 13.2 Å². The van der Waals surface area contributed by atoms with Gasteiger partial charge in [0.05, 0.1) is 11.3 Å². The zero-order valence-corrected chi connectivity index (χ0v) is 13.6. The SMILES string of the molecule is Cc1ccn2c(C(=O)OCc3cccc(C(F)(F)F)c3)c(C)nc2c1. The van der Waals surface area contributed by atoms with Crippen LogP contribution in [0.25, 0.3) is 5.65 Å². The molecule has 0 aliphatic rings. The van der Waals surface area contributed by atoms with Gasteiger partial charge >= 0.3 is 12.1 Å². The second-order valence-electron chi connectivity index (χ2n) is 5.75. The van der Waals surface area contributed by atoms with Crippen molar-refractivity contribution in [3.8, 4) is 0 Å². The van der Waals surface area contributed by atoms with Crippen LogP contribution in [0, 0.1) is 13.8 Å². The van der Waals surface area contributed by atoms with Gasteiger partial charge in [-0.15, -0.1) is 0 Å². The van der Waals surface area contributed by atoms with Crippen molar-refractivity contribution in [2.75, 3.05) is 0 Å². The molecule has 3 aromatic rings. The van der Waals surface area contributed by atoms with Gasteiger partial charge in [0.15, 0.2) is 5.69 Å². The molecule has 0 bridgehead atoms. The Hall–Kier alpha value is -2.83. The number of aryl methyl sites for hydroxylation is 2. The van der Waals surface area contributed by atoms with Crippen molar-refractivity contribution in [2.24, 2.45) is 0 Å². The second kappa shape index (κ2) is 6.23. The van der Waals surface area contributed by atoms with E-state index in [0.29, 0.717) is 11.3 Å². The maximum absolute atomic E-state index is 12.7. The molecule has 0 radical (unpaired) electrons. The number of pyridine rings is 1. The van der Waals surface area contributed by atoms with Gasteiger partial charge in [-0.2, -0.15) is 13.2 Å². The number of imidazole rings is 1. The zero-order valence-electron chi connectivity index (χ0n) is 13.6. The first-order valence-electron chi connectivity index (χ1n) is 7.54. The van der Waals surface area contributed by atoms with Crippen molar-refractivity contribution in [3.63, 3.8) is 0 Å². The third kappa shape index (κ3) is 3.50. The first-order valence-corrected chi connectivity index (χ1v) is 7.54. The lowest BCUT2D eigenvalue weighted by Gasteiger charge is -2.09. The molecule has 0 aliphatic carbocycles. The molecular weight excluding hydrogens is 333 g/mol. The van der Waals surface area contributed by atoms with Gasteiger partial charge in [-0.05, 0) is 49.2 Å². The van der Waals surface area contributed by atoms with E-state index >= 15 is 0 Å². The Morgan fingerprint density at radius 2 is 1.96 bits per heavy atom. The number of carbonyl (C=O) groups is 1. The Kier molecular flexibility index (Phi) is 4.24. The topological polar surface area (TPSA) is 43.6 Å². The normalized spacial score (nSPS) is 11.7. The maximum Gasteiger partial charge on any atom is 0.416 e. The van der Waals surface area contributed by atoms with Gasteiger partial charge in [0.25, 0.3) is 0 Å². The summed E-state index contributed by atoms with van der Waals surface area (Å²) in [6.07, 6.45) is -2.72. The number of benzene rings is 1. The summed E-state index contributed by atoms with van der Waals surface area (Å²) in [4.78, 5) is 16.7. The Morgan fingerprint density at radius 1 is 1.20 bits per heavy atom. The monoisotopic (exact) mass is 348 g/mol. The third-order valence-corrected chi connectivity index (χ3v) is 3.77. The number of nitrogens with zero attached hydrogens (tertiary/aromatic N) is 2. The van der Waals surface area contributed by atoms with Crippen molar-refractivity contribution < 1.29 is 22.7 Å². The molecule has 2 aromatic heterocycles. The molecule has 130 valence electrons. The van der Waals surface area contributed by atoms with E-state index in [1.165, 1.54) is 12.1 Å². The number of carbonyl (C=O) groups excluding carboxylic acids is 1. The largest absolute Gasteiger partial charge is 0.456 e. The van der Waals surface area contributed by atoms with Crippen LogP contribution in [0.1, 0.15) is 32.9 Å². The van der Waals surface area contributed by atoms with Crippen molar-refractivity contribution in [3.05, 3.63) is 70.7 Å². The van der Waals surface area contributed by atoms with Gasteiger partial charge < -0.3 is 4.74 Å². The van der Waals surface area contributed by atoms with Crippen LogP contribution < -0.4 is 0 Å². The summed E-state index contributed by atoms with van der Waals surface area (Å²) in [5, 5.41) is 0. The molecule has 0 N–H and O–H groups in total. The van der Waals surface area contributed by atoms with Crippen LogP contribution in [0.3, 0.4) is 0 Å². The standard InChI is InChI=1S/C18H15F3N2O2/c1-11-6-7-23-15(8-11)22-12(2)16(23)17(24)25-10-13-4-3-5-14(9-13)18(19,20)21/h3-9H,10H2,1-2H3. The lowest BCUT2D eigenvalue weighted by atomic mass is 10.1. The number of ether oxygens (including phenoxy) is 1. The summed E-state index contributed by atoms with van der Waals surface area (Å²) in [6, 6.07) is 8.37. The molecule has 0 amide bonds. The molecule has 3 rings (SSSR count). The predicted molar refractivity (Wildman–Crippen MR) is 85.2 cm³/mol. The van der Waals surface area contributed by atoms with Crippen LogP contribution >= 0.6 is 0 Å². The minimum Gasteiger partial charge on any atom is -0.456 e. The average molecular weight is 348 g/mol. The van der Waals surface area contributed by atoms with E-state index < -0.39 is 17.7 Å².